The Labute approximate surface area is 494 Å². The Morgan fingerprint density at radius 2 is 1.20 bits per heavy atom. The van der Waals surface area contributed by atoms with E-state index in [0.29, 0.717) is 5.01 Å². The zero-order chi connectivity index (χ0) is 64.7. The molecular formula is C53H88N8O23S. The fourth-order valence-electron chi connectivity index (χ4n) is 9.05. The highest BCUT2D eigenvalue weighted by Crippen LogP contribution is 2.36. The van der Waals surface area contributed by atoms with Crippen LogP contribution < -0.4 is 26.1 Å². The number of aliphatic hydroxyl groups excluding tert-OH is 3. The maximum absolute atomic E-state index is 14.4. The SMILES string of the molecule is CN(C(=O)OC(C)(C)C)[C@@H]1[C@@H](O)[C@@H](O[C@@H]2[C@@H](O)[C@H](O[C@H]3O[C@H](CNS(=O)(=O)c4ccccc4[N+](=O)[O-])CC[C@H]3NC(=O)OC(C)(C)C)[C@@H](NC(=O)OC(C)(C)C)C[C@H]2NC(=O)[C@@H](O)CN(NC(=O)OC(C)(C)C)C(=O)OC(C)(C)C)OC[C@]1(C)O. The number of hydrogen-bond acceptors (Lipinski definition) is 23. The van der Waals surface area contributed by atoms with E-state index in [1.807, 2.05) is 0 Å². The van der Waals surface area contributed by atoms with Gasteiger partial charge in [-0.3, -0.25) is 14.9 Å². The second kappa shape index (κ2) is 27.8. The number of nitro groups is 1. The highest BCUT2D eigenvalue weighted by molar-refractivity contribution is 7.89. The molecule has 9 N–H and O–H groups in total. The first-order valence-electron chi connectivity index (χ1n) is 27.5. The minimum absolute atomic E-state index is 0.00689. The van der Waals surface area contributed by atoms with Gasteiger partial charge in [0.05, 0.1) is 48.3 Å². The van der Waals surface area contributed by atoms with Crippen LogP contribution in [0.25, 0.3) is 0 Å². The first-order chi connectivity index (χ1) is 38.7. The van der Waals surface area contributed by atoms with Crippen LogP contribution in [0.4, 0.5) is 29.7 Å². The molecule has 1 aromatic carbocycles. The average Bonchev–Trinajstić information content (AvgIpc) is 1.07. The second-order valence-corrected chi connectivity index (χ2v) is 27.8. The number of carbonyl (C=O) groups excluding carboxylic acids is 6. The molecule has 85 heavy (non-hydrogen) atoms. The molecular weight excluding hydrogens is 1150 g/mol. The predicted molar refractivity (Wildman–Crippen MR) is 297 cm³/mol. The monoisotopic (exact) mass is 1240 g/mol. The number of aliphatic hydroxyl groups is 4. The van der Waals surface area contributed by atoms with Crippen molar-refractivity contribution in [1.29, 1.82) is 0 Å². The van der Waals surface area contributed by atoms with Crippen molar-refractivity contribution in [3.8, 4) is 0 Å². The molecule has 3 fully saturated rings. The maximum atomic E-state index is 14.4. The summed E-state index contributed by atoms with van der Waals surface area (Å²) in [6.07, 6.45) is -20.8. The van der Waals surface area contributed by atoms with Gasteiger partial charge in [0.2, 0.25) is 10.0 Å². The van der Waals surface area contributed by atoms with Gasteiger partial charge in [-0.2, -0.15) is 0 Å². The van der Waals surface area contributed by atoms with E-state index >= 15 is 0 Å². The van der Waals surface area contributed by atoms with Crippen molar-refractivity contribution in [1.82, 2.24) is 36.0 Å². The first-order valence-corrected chi connectivity index (χ1v) is 29.0. The Morgan fingerprint density at radius 1 is 0.718 bits per heavy atom. The molecule has 31 nitrogen and oxygen atoms in total. The van der Waals surface area contributed by atoms with Crippen LogP contribution >= 0.6 is 0 Å². The Kier molecular flexibility index (Phi) is 23.4. The van der Waals surface area contributed by atoms with Gasteiger partial charge in [-0.25, -0.2) is 47.5 Å². The lowest BCUT2D eigenvalue weighted by Gasteiger charge is -2.51. The van der Waals surface area contributed by atoms with Gasteiger partial charge in [0.1, 0.15) is 58.0 Å². The van der Waals surface area contributed by atoms with Crippen molar-refractivity contribution in [3.05, 3.63) is 34.4 Å². The van der Waals surface area contributed by atoms with Crippen molar-refractivity contribution < 1.29 is 105 Å². The highest BCUT2D eigenvalue weighted by atomic mass is 32.2. The number of nitro benzene ring substituents is 1. The van der Waals surface area contributed by atoms with Crippen LogP contribution in [0, 0.1) is 10.1 Å². The Morgan fingerprint density at radius 3 is 1.73 bits per heavy atom. The molecule has 32 heteroatoms. The fraction of sp³-hybridized carbons (Fsp3) is 0.774. The Balaban J connectivity index is 1.85. The zero-order valence-corrected chi connectivity index (χ0v) is 52.1. The quantitative estimate of drug-likeness (QED) is 0.0652. The number of amides is 6. The molecule has 0 bridgehead atoms. The largest absolute Gasteiger partial charge is 0.444 e. The normalized spacial score (nSPS) is 27.2. The Bertz CT molecular complexity index is 2630. The van der Waals surface area contributed by atoms with Gasteiger partial charge in [-0.05, 0) is 136 Å². The third-order valence-electron chi connectivity index (χ3n) is 12.4. The molecule has 484 valence electrons. The maximum Gasteiger partial charge on any atom is 0.429 e. The van der Waals surface area contributed by atoms with Crippen LogP contribution in [0.15, 0.2) is 29.2 Å². The lowest BCUT2D eigenvalue weighted by molar-refractivity contribution is -0.387. The molecule has 1 saturated carbocycles. The summed E-state index contributed by atoms with van der Waals surface area (Å²) in [7, 11) is -3.35. The molecule has 1 aliphatic carbocycles. The summed E-state index contributed by atoms with van der Waals surface area (Å²) < 4.78 is 82.0. The summed E-state index contributed by atoms with van der Waals surface area (Å²) in [5.41, 5.74) is -5.98. The van der Waals surface area contributed by atoms with Crippen molar-refractivity contribution in [2.75, 3.05) is 26.7 Å². The minimum Gasteiger partial charge on any atom is -0.444 e. The molecule has 0 spiro atoms. The standard InChI is InChI=1S/C53H88N8O23S/c1-48(2,3)80-43(66)56-29-23-22-28(25-54-85(74,75)34-21-19-18-20-32(34)61(72)73)77-41(29)78-38-31(57-44(67)81-49(4,5)6)24-30(55-40(65)33(62)26-60(47(70)84-52(13,14)15)58-45(68)82-50(7,8)9)37(35(38)63)79-42-36(64)39(53(16,71)27-76-42)59(17)46(69)83-51(10,11)12/h18-21,28-31,33,35-39,41-42,54,62-64,71H,22-27H2,1-17H3,(H,55,65)(H,56,66)(H,57,67)(H,58,68)/t28-,29+,30+,31-,33-,35+,36+,37-,38+,39+,41+,42+,53-/m0/s1. The van der Waals surface area contributed by atoms with Crippen LogP contribution in [0.5, 0.6) is 0 Å². The molecule has 1 aromatic rings. The van der Waals surface area contributed by atoms with E-state index in [2.05, 4.69) is 26.1 Å². The van der Waals surface area contributed by atoms with Crippen LogP contribution in [-0.2, 0) is 57.4 Å². The minimum atomic E-state index is -4.59. The van der Waals surface area contributed by atoms with Gasteiger partial charge < -0.3 is 83.9 Å². The third-order valence-corrected chi connectivity index (χ3v) is 13.8. The summed E-state index contributed by atoms with van der Waals surface area (Å²) in [6.45, 7) is 22.5. The average molecular weight is 1240 g/mol. The molecule has 6 amide bonds. The zero-order valence-electron chi connectivity index (χ0n) is 51.3. The van der Waals surface area contributed by atoms with Crippen molar-refractivity contribution >= 4 is 52.1 Å². The van der Waals surface area contributed by atoms with E-state index in [9.17, 15) is 67.7 Å². The molecule has 0 aromatic heterocycles. The smallest absolute Gasteiger partial charge is 0.429 e. The van der Waals surface area contributed by atoms with Crippen LogP contribution in [0.2, 0.25) is 0 Å². The van der Waals surface area contributed by atoms with Gasteiger partial charge in [-0.1, -0.05) is 12.1 Å². The summed E-state index contributed by atoms with van der Waals surface area (Å²) in [6, 6.07) is -1.24. The van der Waals surface area contributed by atoms with Crippen molar-refractivity contribution in [2.24, 2.45) is 0 Å². The molecule has 0 radical (unpaired) electrons. The first kappa shape index (κ1) is 71.5. The number of para-hydroxylation sites is 1. The van der Waals surface area contributed by atoms with Gasteiger partial charge in [0.15, 0.2) is 23.6 Å². The number of hydrogen-bond donors (Lipinski definition) is 9. The predicted octanol–water partition coefficient (Wildman–Crippen LogP) is 2.93. The number of rotatable bonds is 16. The number of hydrazine groups is 1. The van der Waals surface area contributed by atoms with Gasteiger partial charge in [-0.15, -0.1) is 0 Å². The molecule has 4 rings (SSSR count). The van der Waals surface area contributed by atoms with Gasteiger partial charge in [0.25, 0.3) is 11.6 Å². The lowest BCUT2D eigenvalue weighted by Crippen LogP contribution is -2.71. The third kappa shape index (κ3) is 22.0. The summed E-state index contributed by atoms with van der Waals surface area (Å²) in [5.74, 6) is -1.29. The topological polar surface area (TPSA) is 410 Å². The van der Waals surface area contributed by atoms with Gasteiger partial charge >= 0.3 is 30.5 Å². The number of alkyl carbamates (subject to hydrolysis) is 2. The summed E-state index contributed by atoms with van der Waals surface area (Å²) in [5, 5.41) is 68.2. The number of nitrogens with zero attached hydrogens (tertiary/aromatic N) is 3. The fourth-order valence-corrected chi connectivity index (χ4v) is 10.3. The summed E-state index contributed by atoms with van der Waals surface area (Å²) >= 11 is 0. The number of benzene rings is 1. The molecule has 13 atom stereocenters. The van der Waals surface area contributed by atoms with Crippen LogP contribution in [-0.4, -0.2) is 214 Å². The number of carbonyl (C=O) groups is 6. The number of nitrogens with one attached hydrogen (secondary N) is 5. The second-order valence-electron chi connectivity index (χ2n) is 26.1. The van der Waals surface area contributed by atoms with Gasteiger partial charge in [0, 0.05) is 19.7 Å². The molecule has 2 aliphatic heterocycles. The molecule has 2 saturated heterocycles. The van der Waals surface area contributed by atoms with Crippen molar-refractivity contribution in [3.63, 3.8) is 0 Å². The van der Waals surface area contributed by atoms with E-state index in [1.165, 1.54) is 46.9 Å². The van der Waals surface area contributed by atoms with Crippen LogP contribution in [0.1, 0.15) is 130 Å². The van der Waals surface area contributed by atoms with E-state index in [4.69, 9.17) is 42.6 Å². The number of ether oxygens (including phenoxy) is 9. The van der Waals surface area contributed by atoms with E-state index in [1.54, 1.807) is 83.1 Å². The molecule has 3 aliphatic rings. The van der Waals surface area contributed by atoms with Crippen LogP contribution in [0.3, 0.4) is 0 Å². The molecule has 0 unspecified atom stereocenters. The van der Waals surface area contributed by atoms with E-state index in [0.717, 1.165) is 17.0 Å². The van der Waals surface area contributed by atoms with Crippen molar-refractivity contribution in [2.45, 2.75) is 242 Å². The number of likely N-dealkylation sites (N-methyl/N-ethyl adjacent to an activating group) is 1. The Hall–Kier alpha value is -5.97. The lowest BCUT2D eigenvalue weighted by atomic mass is 9.82. The van der Waals surface area contributed by atoms with E-state index < -0.39 is 195 Å². The van der Waals surface area contributed by atoms with E-state index in [-0.39, 0.29) is 12.8 Å². The molecule has 2 heterocycles. The number of sulfonamides is 1. The summed E-state index contributed by atoms with van der Waals surface area (Å²) in [4.78, 5) is 92.7. The highest BCUT2D eigenvalue weighted by Gasteiger charge is 2.55.